The summed E-state index contributed by atoms with van der Waals surface area (Å²) in [7, 11) is 2.20. The molecule has 2 rings (SSSR count). The van der Waals surface area contributed by atoms with Gasteiger partial charge in [0.15, 0.2) is 0 Å². The molecule has 0 bridgehead atoms. The van der Waals surface area contributed by atoms with Gasteiger partial charge < -0.3 is 0 Å². The summed E-state index contributed by atoms with van der Waals surface area (Å²) in [6, 6.07) is 21.9. The van der Waals surface area contributed by atoms with Crippen molar-refractivity contribution in [3.63, 3.8) is 0 Å². The fourth-order valence-electron chi connectivity index (χ4n) is 2.14. The van der Waals surface area contributed by atoms with Crippen molar-refractivity contribution in [3.8, 4) is 0 Å². The second-order valence-corrected chi connectivity index (χ2v) is 4.94. The highest BCUT2D eigenvalue weighted by atomic mass is 35.5. The molecule has 0 saturated heterocycles. The van der Waals surface area contributed by atoms with Crippen LogP contribution in [0, 0.1) is 0 Å². The molecule has 2 heteroatoms. The molecule has 1 nitrogen and oxygen atoms in total. The number of hydrogen-bond acceptors (Lipinski definition) is 1. The summed E-state index contributed by atoms with van der Waals surface area (Å²) in [5.74, 6) is 0. The van der Waals surface area contributed by atoms with Gasteiger partial charge in [0.05, 0.1) is 0 Å². The minimum absolute atomic E-state index is 0. The van der Waals surface area contributed by atoms with E-state index in [0.717, 1.165) is 13.0 Å². The number of benzene rings is 2. The lowest BCUT2D eigenvalue weighted by Crippen LogP contribution is -2.30. The van der Waals surface area contributed by atoms with Gasteiger partial charge >= 0.3 is 0 Å². The third-order valence-corrected chi connectivity index (χ3v) is 3.40. The zero-order valence-electron chi connectivity index (χ0n) is 11.6. The standard InChI is InChI=1S/C17H21N.ClH/c1-15(13-16-9-5-3-6-10-16)18(2)14-17-11-7-4-8-12-17;/h3-12,15H,13-14H2,1-2H3;1H/t15-;/m0./s1. The summed E-state index contributed by atoms with van der Waals surface area (Å²) in [6.07, 6.45) is 1.10. The van der Waals surface area contributed by atoms with E-state index in [1.165, 1.54) is 11.1 Å². The van der Waals surface area contributed by atoms with Crippen LogP contribution in [-0.4, -0.2) is 18.0 Å². The molecule has 0 fully saturated rings. The Hall–Kier alpha value is -1.31. The highest BCUT2D eigenvalue weighted by Crippen LogP contribution is 2.10. The van der Waals surface area contributed by atoms with Crippen molar-refractivity contribution < 1.29 is 0 Å². The van der Waals surface area contributed by atoms with E-state index in [1.807, 2.05) is 0 Å². The molecule has 0 amide bonds. The third-order valence-electron chi connectivity index (χ3n) is 3.40. The van der Waals surface area contributed by atoms with Gasteiger partial charge in [0, 0.05) is 12.6 Å². The molecule has 0 spiro atoms. The molecule has 19 heavy (non-hydrogen) atoms. The van der Waals surface area contributed by atoms with Crippen molar-refractivity contribution in [2.24, 2.45) is 0 Å². The largest absolute Gasteiger partial charge is 0.299 e. The van der Waals surface area contributed by atoms with E-state index < -0.39 is 0 Å². The maximum absolute atomic E-state index is 2.41. The Morgan fingerprint density at radius 3 is 1.84 bits per heavy atom. The first-order chi connectivity index (χ1) is 8.75. The van der Waals surface area contributed by atoms with Crippen molar-refractivity contribution in [2.75, 3.05) is 7.05 Å². The fraction of sp³-hybridized carbons (Fsp3) is 0.294. The van der Waals surface area contributed by atoms with Gasteiger partial charge in [0.2, 0.25) is 0 Å². The molecule has 0 heterocycles. The summed E-state index contributed by atoms with van der Waals surface area (Å²) in [4.78, 5) is 2.41. The van der Waals surface area contributed by atoms with Gasteiger partial charge in [-0.25, -0.2) is 0 Å². The first kappa shape index (κ1) is 15.7. The average molecular weight is 276 g/mol. The minimum Gasteiger partial charge on any atom is -0.299 e. The van der Waals surface area contributed by atoms with E-state index in [2.05, 4.69) is 79.5 Å². The zero-order valence-corrected chi connectivity index (χ0v) is 12.4. The SMILES string of the molecule is C[C@@H](Cc1ccccc1)N(C)Cc1ccccc1.Cl. The molecule has 0 unspecified atom stereocenters. The van der Waals surface area contributed by atoms with Crippen LogP contribution in [0.15, 0.2) is 60.7 Å². The molecule has 0 radical (unpaired) electrons. The average Bonchev–Trinajstić information content (AvgIpc) is 2.41. The molecule has 0 aliphatic heterocycles. The van der Waals surface area contributed by atoms with Crippen molar-refractivity contribution in [3.05, 3.63) is 71.8 Å². The van der Waals surface area contributed by atoms with Crippen molar-refractivity contribution in [2.45, 2.75) is 25.9 Å². The molecule has 2 aromatic carbocycles. The Labute approximate surface area is 122 Å². The number of rotatable bonds is 5. The van der Waals surface area contributed by atoms with Gasteiger partial charge in [0.25, 0.3) is 0 Å². The molecule has 1 atom stereocenters. The molecular formula is C17H22ClN. The minimum atomic E-state index is 0. The molecule has 0 saturated carbocycles. The molecular weight excluding hydrogens is 254 g/mol. The van der Waals surface area contributed by atoms with E-state index in [4.69, 9.17) is 0 Å². The quantitative estimate of drug-likeness (QED) is 0.792. The van der Waals surface area contributed by atoms with Crippen LogP contribution < -0.4 is 0 Å². The lowest BCUT2D eigenvalue weighted by atomic mass is 10.1. The van der Waals surface area contributed by atoms with E-state index in [0.29, 0.717) is 6.04 Å². The van der Waals surface area contributed by atoms with E-state index in [-0.39, 0.29) is 12.4 Å². The molecule has 0 N–H and O–H groups in total. The molecule has 0 aliphatic carbocycles. The van der Waals surface area contributed by atoms with Crippen LogP contribution in [-0.2, 0) is 13.0 Å². The van der Waals surface area contributed by atoms with E-state index in [1.54, 1.807) is 0 Å². The highest BCUT2D eigenvalue weighted by Gasteiger charge is 2.09. The Kier molecular flexibility index (Phi) is 6.61. The topological polar surface area (TPSA) is 3.24 Å². The van der Waals surface area contributed by atoms with Gasteiger partial charge in [-0.2, -0.15) is 0 Å². The summed E-state index contributed by atoms with van der Waals surface area (Å²) >= 11 is 0. The van der Waals surface area contributed by atoms with Crippen molar-refractivity contribution >= 4 is 12.4 Å². The summed E-state index contributed by atoms with van der Waals surface area (Å²) in [5.41, 5.74) is 2.78. The molecule has 102 valence electrons. The first-order valence-electron chi connectivity index (χ1n) is 6.54. The lowest BCUT2D eigenvalue weighted by Gasteiger charge is -2.24. The number of hydrogen-bond donors (Lipinski definition) is 0. The van der Waals surface area contributed by atoms with Crippen LogP contribution in [0.2, 0.25) is 0 Å². The normalized spacial score (nSPS) is 11.9. The van der Waals surface area contributed by atoms with Gasteiger partial charge in [-0.3, -0.25) is 4.90 Å². The first-order valence-corrected chi connectivity index (χ1v) is 6.54. The second kappa shape index (κ2) is 7.98. The zero-order chi connectivity index (χ0) is 12.8. The van der Waals surface area contributed by atoms with Crippen LogP contribution in [0.25, 0.3) is 0 Å². The van der Waals surface area contributed by atoms with Gasteiger partial charge in [-0.15, -0.1) is 12.4 Å². The number of nitrogens with zero attached hydrogens (tertiary/aromatic N) is 1. The Morgan fingerprint density at radius 1 is 0.842 bits per heavy atom. The predicted molar refractivity (Wildman–Crippen MR) is 84.8 cm³/mol. The number of halogens is 1. The smallest absolute Gasteiger partial charge is 0.0233 e. The maximum atomic E-state index is 2.41. The summed E-state index contributed by atoms with van der Waals surface area (Å²) in [5, 5.41) is 0. The van der Waals surface area contributed by atoms with Crippen LogP contribution in [0.5, 0.6) is 0 Å². The monoisotopic (exact) mass is 275 g/mol. The van der Waals surface area contributed by atoms with Crippen molar-refractivity contribution in [1.82, 2.24) is 4.90 Å². The number of likely N-dealkylation sites (N-methyl/N-ethyl adjacent to an activating group) is 1. The Bertz CT molecular complexity index is 410. The van der Waals surface area contributed by atoms with Gasteiger partial charge in [-0.1, -0.05) is 60.7 Å². The van der Waals surface area contributed by atoms with E-state index >= 15 is 0 Å². The molecule has 2 aromatic rings. The van der Waals surface area contributed by atoms with Crippen LogP contribution in [0.3, 0.4) is 0 Å². The predicted octanol–water partition coefficient (Wildman–Crippen LogP) is 4.17. The van der Waals surface area contributed by atoms with Crippen LogP contribution in [0.4, 0.5) is 0 Å². The van der Waals surface area contributed by atoms with Crippen molar-refractivity contribution in [1.29, 1.82) is 0 Å². The molecule has 0 aromatic heterocycles. The maximum Gasteiger partial charge on any atom is 0.0233 e. The highest BCUT2D eigenvalue weighted by molar-refractivity contribution is 5.85. The lowest BCUT2D eigenvalue weighted by molar-refractivity contribution is 0.248. The van der Waals surface area contributed by atoms with Gasteiger partial charge in [0.1, 0.15) is 0 Å². The van der Waals surface area contributed by atoms with Crippen LogP contribution in [0.1, 0.15) is 18.1 Å². The Morgan fingerprint density at radius 2 is 1.32 bits per heavy atom. The Balaban J connectivity index is 0.00000180. The summed E-state index contributed by atoms with van der Waals surface area (Å²) in [6.45, 7) is 3.30. The van der Waals surface area contributed by atoms with Gasteiger partial charge in [-0.05, 0) is 31.5 Å². The van der Waals surface area contributed by atoms with Crippen LogP contribution >= 0.6 is 12.4 Å². The summed E-state index contributed by atoms with van der Waals surface area (Å²) < 4.78 is 0. The third kappa shape index (κ3) is 5.06. The molecule has 0 aliphatic rings. The van der Waals surface area contributed by atoms with E-state index in [9.17, 15) is 0 Å². The second-order valence-electron chi connectivity index (χ2n) is 4.94. The fourth-order valence-corrected chi connectivity index (χ4v) is 2.14.